The molecule has 0 bridgehead atoms. The fourth-order valence-corrected chi connectivity index (χ4v) is 3.86. The van der Waals surface area contributed by atoms with E-state index in [4.69, 9.17) is 0 Å². The zero-order chi connectivity index (χ0) is 17.8. The second-order valence-electron chi connectivity index (χ2n) is 7.05. The number of rotatable bonds is 3. The number of anilines is 2. The van der Waals surface area contributed by atoms with Crippen LogP contribution in [0.1, 0.15) is 31.7 Å². The van der Waals surface area contributed by atoms with Crippen LogP contribution in [-0.4, -0.2) is 25.7 Å². The Morgan fingerprint density at radius 2 is 1.76 bits per heavy atom. The van der Waals surface area contributed by atoms with Crippen molar-refractivity contribution in [1.82, 2.24) is 5.32 Å². The summed E-state index contributed by atoms with van der Waals surface area (Å²) in [5.41, 5.74) is 3.48. The number of nitrogens with zero attached hydrogens (tertiary/aromatic N) is 1. The topological polar surface area (TPSA) is 44.4 Å². The monoisotopic (exact) mass is 337 g/mol. The minimum absolute atomic E-state index is 0.155. The van der Waals surface area contributed by atoms with Gasteiger partial charge in [0.25, 0.3) is 0 Å². The largest absolute Gasteiger partial charge is 0.369 e. The van der Waals surface area contributed by atoms with Gasteiger partial charge < -0.3 is 15.5 Å². The second kappa shape index (κ2) is 7.60. The molecule has 132 valence electrons. The van der Waals surface area contributed by atoms with Crippen LogP contribution in [0.25, 0.3) is 0 Å². The molecule has 0 aliphatic carbocycles. The summed E-state index contributed by atoms with van der Waals surface area (Å²) in [5, 5.41) is 5.93. The summed E-state index contributed by atoms with van der Waals surface area (Å²) in [4.78, 5) is 14.5. The smallest absolute Gasteiger partial charge is 0.319 e. The second-order valence-corrected chi connectivity index (χ2v) is 7.05. The van der Waals surface area contributed by atoms with Gasteiger partial charge in [-0.05, 0) is 42.0 Å². The zero-order valence-corrected chi connectivity index (χ0v) is 15.2. The molecule has 1 heterocycles. The standard InChI is InChI=1S/C21H27N3O/c1-15-13-16(2)20(24(3)19-12-8-7-11-18(15)19)14-22-21(25)23-17-9-5-4-6-10-17/h4-12,15-16,20H,13-14H2,1-3H3,(H2,22,23,25). The van der Waals surface area contributed by atoms with Crippen molar-refractivity contribution < 1.29 is 4.79 Å². The summed E-state index contributed by atoms with van der Waals surface area (Å²) in [6, 6.07) is 18.3. The van der Waals surface area contributed by atoms with Crippen LogP contribution in [0.2, 0.25) is 0 Å². The van der Waals surface area contributed by atoms with Crippen LogP contribution in [-0.2, 0) is 0 Å². The number of fused-ring (bicyclic) bond motifs is 1. The molecule has 3 unspecified atom stereocenters. The number of hydrogen-bond acceptors (Lipinski definition) is 2. The van der Waals surface area contributed by atoms with Crippen molar-refractivity contribution in [2.45, 2.75) is 32.2 Å². The van der Waals surface area contributed by atoms with Crippen LogP contribution in [0.3, 0.4) is 0 Å². The predicted molar refractivity (Wildman–Crippen MR) is 104 cm³/mol. The molecule has 2 aromatic carbocycles. The van der Waals surface area contributed by atoms with Gasteiger partial charge in [-0.3, -0.25) is 0 Å². The first-order chi connectivity index (χ1) is 12.1. The molecule has 0 saturated carbocycles. The quantitative estimate of drug-likeness (QED) is 0.869. The highest BCUT2D eigenvalue weighted by Crippen LogP contribution is 2.37. The van der Waals surface area contributed by atoms with E-state index < -0.39 is 0 Å². The van der Waals surface area contributed by atoms with Gasteiger partial charge in [0.05, 0.1) is 0 Å². The maximum Gasteiger partial charge on any atom is 0.319 e. The average Bonchev–Trinajstić information content (AvgIpc) is 2.70. The van der Waals surface area contributed by atoms with E-state index in [-0.39, 0.29) is 12.1 Å². The molecule has 2 N–H and O–H groups in total. The van der Waals surface area contributed by atoms with Crippen LogP contribution in [0.4, 0.5) is 16.2 Å². The number of urea groups is 1. The van der Waals surface area contributed by atoms with Gasteiger partial charge in [0.1, 0.15) is 0 Å². The highest BCUT2D eigenvalue weighted by molar-refractivity contribution is 5.89. The van der Waals surface area contributed by atoms with Gasteiger partial charge in [-0.15, -0.1) is 0 Å². The van der Waals surface area contributed by atoms with Crippen molar-refractivity contribution in [3.8, 4) is 0 Å². The van der Waals surface area contributed by atoms with Crippen molar-refractivity contribution in [3.63, 3.8) is 0 Å². The molecule has 3 rings (SSSR count). The number of likely N-dealkylation sites (N-methyl/N-ethyl adjacent to an activating group) is 1. The Bertz CT molecular complexity index is 716. The Morgan fingerprint density at radius 3 is 2.52 bits per heavy atom. The molecule has 0 spiro atoms. The van der Waals surface area contributed by atoms with E-state index >= 15 is 0 Å². The Kier molecular flexibility index (Phi) is 5.27. The molecule has 1 aliphatic heterocycles. The van der Waals surface area contributed by atoms with Crippen LogP contribution >= 0.6 is 0 Å². The van der Waals surface area contributed by atoms with Gasteiger partial charge in [-0.1, -0.05) is 50.2 Å². The molecule has 0 aromatic heterocycles. The summed E-state index contributed by atoms with van der Waals surface area (Å²) in [6.07, 6.45) is 1.12. The summed E-state index contributed by atoms with van der Waals surface area (Å²) < 4.78 is 0. The van der Waals surface area contributed by atoms with Crippen LogP contribution < -0.4 is 15.5 Å². The van der Waals surface area contributed by atoms with E-state index in [0.29, 0.717) is 18.4 Å². The number of nitrogens with one attached hydrogen (secondary N) is 2. The van der Waals surface area contributed by atoms with Crippen molar-refractivity contribution >= 4 is 17.4 Å². The van der Waals surface area contributed by atoms with Crippen LogP contribution in [0, 0.1) is 5.92 Å². The third-order valence-electron chi connectivity index (χ3n) is 5.23. The number of carbonyl (C=O) groups excluding carboxylic acids is 1. The lowest BCUT2D eigenvalue weighted by Crippen LogP contribution is -2.46. The molecular formula is C21H27N3O. The Morgan fingerprint density at radius 1 is 1.08 bits per heavy atom. The predicted octanol–water partition coefficient (Wildman–Crippen LogP) is 4.46. The first-order valence-corrected chi connectivity index (χ1v) is 8.98. The van der Waals surface area contributed by atoms with Crippen molar-refractivity contribution in [1.29, 1.82) is 0 Å². The molecule has 0 saturated heterocycles. The number of benzene rings is 2. The third kappa shape index (κ3) is 3.95. The maximum atomic E-state index is 12.2. The lowest BCUT2D eigenvalue weighted by molar-refractivity contribution is 0.250. The Balaban J connectivity index is 1.68. The number of hydrogen-bond donors (Lipinski definition) is 2. The van der Waals surface area contributed by atoms with Crippen molar-refractivity contribution in [3.05, 3.63) is 60.2 Å². The normalized spacial score (nSPS) is 22.7. The maximum absolute atomic E-state index is 12.2. The van der Waals surface area contributed by atoms with Gasteiger partial charge in [0.2, 0.25) is 0 Å². The summed E-state index contributed by atoms with van der Waals surface area (Å²) in [6.45, 7) is 5.19. The molecule has 4 nitrogen and oxygen atoms in total. The van der Waals surface area contributed by atoms with E-state index in [1.54, 1.807) is 0 Å². The number of para-hydroxylation sites is 2. The zero-order valence-electron chi connectivity index (χ0n) is 15.2. The highest BCUT2D eigenvalue weighted by atomic mass is 16.2. The third-order valence-corrected chi connectivity index (χ3v) is 5.23. The van der Waals surface area contributed by atoms with Gasteiger partial charge in [-0.25, -0.2) is 4.79 Å². The number of carbonyl (C=O) groups is 1. The Labute approximate surface area is 150 Å². The van der Waals surface area contributed by atoms with Gasteiger partial charge in [0.15, 0.2) is 0 Å². The van der Waals surface area contributed by atoms with E-state index in [9.17, 15) is 4.79 Å². The van der Waals surface area contributed by atoms with E-state index in [1.807, 2.05) is 30.3 Å². The fraction of sp³-hybridized carbons (Fsp3) is 0.381. The highest BCUT2D eigenvalue weighted by Gasteiger charge is 2.30. The summed E-state index contributed by atoms with van der Waals surface area (Å²) >= 11 is 0. The molecule has 2 amide bonds. The molecule has 0 radical (unpaired) electrons. The Hall–Kier alpha value is -2.49. The first-order valence-electron chi connectivity index (χ1n) is 8.98. The van der Waals surface area contributed by atoms with Crippen molar-refractivity contribution in [2.75, 3.05) is 23.8 Å². The van der Waals surface area contributed by atoms with Crippen LogP contribution in [0.5, 0.6) is 0 Å². The molecular weight excluding hydrogens is 310 g/mol. The van der Waals surface area contributed by atoms with Gasteiger partial charge >= 0.3 is 6.03 Å². The first kappa shape index (κ1) is 17.3. The van der Waals surface area contributed by atoms with Gasteiger partial charge in [0, 0.05) is 31.0 Å². The lowest BCUT2D eigenvalue weighted by atomic mass is 9.89. The van der Waals surface area contributed by atoms with Gasteiger partial charge in [-0.2, -0.15) is 0 Å². The van der Waals surface area contributed by atoms with E-state index in [2.05, 4.69) is 60.7 Å². The SMILES string of the molecule is CC1CC(C)C(CNC(=O)Nc2ccccc2)N(C)c2ccccc21. The molecule has 1 aliphatic rings. The number of amides is 2. The lowest BCUT2D eigenvalue weighted by Gasteiger charge is -2.33. The molecule has 2 aromatic rings. The minimum Gasteiger partial charge on any atom is -0.369 e. The molecule has 0 fully saturated rings. The summed E-state index contributed by atoms with van der Waals surface area (Å²) in [5.74, 6) is 1.02. The average molecular weight is 337 g/mol. The molecule has 25 heavy (non-hydrogen) atoms. The van der Waals surface area contributed by atoms with Crippen molar-refractivity contribution in [2.24, 2.45) is 5.92 Å². The van der Waals surface area contributed by atoms with Crippen LogP contribution in [0.15, 0.2) is 54.6 Å². The van der Waals surface area contributed by atoms with E-state index in [0.717, 1.165) is 12.1 Å². The van der Waals surface area contributed by atoms with E-state index in [1.165, 1.54) is 11.3 Å². The summed E-state index contributed by atoms with van der Waals surface area (Å²) in [7, 11) is 2.13. The molecule has 4 heteroatoms. The minimum atomic E-state index is -0.155. The molecule has 3 atom stereocenters. The fourth-order valence-electron chi connectivity index (χ4n) is 3.86.